The Morgan fingerprint density at radius 1 is 0.341 bits per heavy atom. The van der Waals surface area contributed by atoms with Crippen LogP contribution in [0.15, 0.2) is 175 Å². The number of Topliss-reactive ketones (excluding diaryl/α,β-unsaturated/α-hetero) is 8. The minimum atomic E-state index is -3.52. The van der Waals surface area contributed by atoms with Gasteiger partial charge in [0.1, 0.15) is 71.2 Å². The number of hydrogen-bond acceptors (Lipinski definition) is 25. The van der Waals surface area contributed by atoms with Gasteiger partial charge in [-0.05, 0) is 128 Å². The summed E-state index contributed by atoms with van der Waals surface area (Å²) in [7, 11) is -1.34. The van der Waals surface area contributed by atoms with Gasteiger partial charge in [0, 0.05) is 112 Å². The number of nitrogens with one attached hydrogen (secondary N) is 2. The molecule has 1 amide bonds. The maximum absolute atomic E-state index is 13.3. The fourth-order valence-electron chi connectivity index (χ4n) is 10.1. The molecular weight excluding hydrogens is 1630 g/mol. The molecule has 36 heteroatoms. The Morgan fingerprint density at radius 2 is 0.626 bits per heavy atom. The third kappa shape index (κ3) is 46.5. The van der Waals surface area contributed by atoms with Crippen molar-refractivity contribution >= 4 is 116 Å². The lowest BCUT2D eigenvalue weighted by Gasteiger charge is -2.14. The normalized spacial score (nSPS) is 12.4. The second-order valence-electron chi connectivity index (χ2n) is 28.7. The van der Waals surface area contributed by atoms with Crippen molar-refractivity contribution in [1.82, 2.24) is 0 Å². The number of aryl methyl sites for hydroxylation is 1. The molecule has 7 aromatic carbocycles. The number of carboxylic acid groups (broad SMARTS) is 7. The van der Waals surface area contributed by atoms with Crippen LogP contribution in [-0.2, 0) is 146 Å². The van der Waals surface area contributed by atoms with Gasteiger partial charge in [-0.1, -0.05) is 133 Å². The minimum absolute atomic E-state index is 0.00362. The van der Waals surface area contributed by atoms with Crippen molar-refractivity contribution in [2.24, 2.45) is 0 Å². The number of amides is 1. The molecule has 0 aliphatic heterocycles. The number of benzene rings is 7. The zero-order valence-electron chi connectivity index (χ0n) is 69.5. The molecular formula is C87H107F2N9O24S. The third-order valence-electron chi connectivity index (χ3n) is 17.3. The van der Waals surface area contributed by atoms with Crippen LogP contribution in [0.3, 0.4) is 0 Å². The molecule has 0 aromatic heterocycles. The lowest BCUT2D eigenvalue weighted by Crippen LogP contribution is -2.69. The van der Waals surface area contributed by atoms with Gasteiger partial charge in [-0.2, -0.15) is 8.78 Å². The number of aliphatic carboxylic acids is 7. The van der Waals surface area contributed by atoms with Gasteiger partial charge in [0.2, 0.25) is 11.6 Å². The number of quaternary nitrogens is 7. The van der Waals surface area contributed by atoms with Gasteiger partial charge in [0.25, 0.3) is 5.91 Å². The van der Waals surface area contributed by atoms with Crippen LogP contribution in [0.5, 0.6) is 0 Å². The van der Waals surface area contributed by atoms with Crippen LogP contribution in [0, 0.1) is 0 Å². The molecule has 0 bridgehead atoms. The standard InChI is InChI=1S/C14H17NO4.C13H17NO3.C12H13F2NO3.C12H14N2O4.C12H16N2O3.C12H15NO4S.C12H15NO3/c1-9(16)2-7-13(17)11-5-3-10(4-6-11)8-12(15)14(18)19;1-9(15)2-3-10-4-6-11(7-5-10)8-12(14)13(16)17;1-7(16)12(13,14)9-4-2-8(3-5-9)6-10(15)11(17)18;1-7(15)11(16)14-9-4-2-8(3-5-9)6-10(13)12(17)18;1-8(15)7-14-10-4-2-9(3-5-10)6-11(13)12(16)17;1-8(14)7-18(17)10-4-2-9(3-5-10)6-11(13)12(15)16;1-8(14)6-9-2-4-10(5-3-9)7-11(13)12(15)16/h3-6,12H,2,7-8,15H2,1H3,(H,18,19);4-7,12H,2-3,8,14H2,1H3,(H,16,17);2-5,10H,6,15H2,1H3,(H,17,18);2-5,10H,6,13H2,1H3,(H,14,16)(H,17,18);2-5,11,14H,6-7,13H2,1H3,(H,16,17);2-5,11H,6-7,13H2,1H3,(H,15,16);2-5,11H,6-7,13H2,1H3,(H,15,16)/t2*12-;2*10-;11-;11-,18?;11-/m0000000/s1. The van der Waals surface area contributed by atoms with Gasteiger partial charge in [-0.15, -0.1) is 0 Å². The zero-order chi connectivity index (χ0) is 93.6. The average Bonchev–Trinajstić information content (AvgIpc) is 0.819. The fourth-order valence-corrected chi connectivity index (χ4v) is 11.1. The summed E-state index contributed by atoms with van der Waals surface area (Å²) in [5.74, 6) is -14.2. The molecule has 0 heterocycles. The zero-order valence-corrected chi connectivity index (χ0v) is 70.3. The molecule has 23 N–H and O–H groups in total. The van der Waals surface area contributed by atoms with E-state index in [1.165, 1.54) is 46.8 Å². The molecule has 664 valence electrons. The first-order chi connectivity index (χ1) is 57.4. The number of anilines is 2. The van der Waals surface area contributed by atoms with Gasteiger partial charge >= 0.3 is 5.92 Å². The highest BCUT2D eigenvalue weighted by Crippen LogP contribution is 2.29. The summed E-state index contributed by atoms with van der Waals surface area (Å²) in [6.07, 6.45) is 4.06. The Morgan fingerprint density at radius 3 is 0.911 bits per heavy atom. The SMILES string of the molecule is CC(=O)C(=O)Nc1ccc(C[C@H]([NH3+])C(=O)[O-])cc1.CC(=O)C(F)(F)c1ccc(C[C@H]([NH3+])C(=O)[O-])cc1.CC(=O)CCC(=O)c1ccc(C[C@H]([NH3+])C(=O)[O-])cc1.CC(=O)CCc1ccc(C[C@H]([NH3+])C(=O)[O-])cc1.CC(=O)CNc1ccc(C[C@H]([NH3+])C(=O)[O-])cc1.CC(=O)CS(=O)c1ccc(C[C@H]([NH3+])C(=O)[O-])cc1.CC(=O)Cc1ccc(C[C@H]([NH3+])C(=O)[O-])cc1. The van der Waals surface area contributed by atoms with Crippen LogP contribution in [0.4, 0.5) is 20.2 Å². The largest absolute Gasteiger partial charge is 0.544 e. The Bertz CT molecular complexity index is 4650. The number of halogens is 2. The first kappa shape index (κ1) is 108. The van der Waals surface area contributed by atoms with Crippen molar-refractivity contribution < 1.29 is 166 Å². The number of carboxylic acids is 7. The summed E-state index contributed by atoms with van der Waals surface area (Å²) in [6, 6.07) is 41.3. The minimum Gasteiger partial charge on any atom is -0.544 e. The first-order valence-corrected chi connectivity index (χ1v) is 39.4. The number of carbonyl (C=O) groups excluding carboxylic acids is 16. The fraction of sp³-hybridized carbons (Fsp3) is 0.333. The smallest absolute Gasteiger partial charge is 0.330 e. The van der Waals surface area contributed by atoms with E-state index < -0.39 is 124 Å². The van der Waals surface area contributed by atoms with Crippen molar-refractivity contribution in [3.05, 3.63) is 231 Å². The molecule has 7 rings (SSSR count). The highest BCUT2D eigenvalue weighted by molar-refractivity contribution is 7.85. The lowest BCUT2D eigenvalue weighted by atomic mass is 10.0. The Hall–Kier alpha value is -12.8. The van der Waals surface area contributed by atoms with E-state index in [0.717, 1.165) is 75.7 Å². The van der Waals surface area contributed by atoms with E-state index in [1.54, 1.807) is 91.9 Å². The Kier molecular flexibility index (Phi) is 49.2. The highest BCUT2D eigenvalue weighted by atomic mass is 32.2. The molecule has 0 fully saturated rings. The van der Waals surface area contributed by atoms with Gasteiger partial charge in [0.05, 0.1) is 64.9 Å². The molecule has 123 heavy (non-hydrogen) atoms. The molecule has 0 spiro atoms. The predicted molar refractivity (Wildman–Crippen MR) is 425 cm³/mol. The molecule has 0 saturated heterocycles. The molecule has 1 unspecified atom stereocenters. The van der Waals surface area contributed by atoms with E-state index in [1.807, 2.05) is 60.7 Å². The third-order valence-corrected chi connectivity index (χ3v) is 18.7. The molecule has 0 saturated carbocycles. The van der Waals surface area contributed by atoms with Crippen molar-refractivity contribution in [2.45, 2.75) is 179 Å². The monoisotopic (exact) mass is 1730 g/mol. The summed E-state index contributed by atoms with van der Waals surface area (Å²) in [5, 5.41) is 79.0. The van der Waals surface area contributed by atoms with E-state index in [0.29, 0.717) is 53.8 Å². The second-order valence-corrected chi connectivity index (χ2v) is 30.2. The van der Waals surface area contributed by atoms with Gasteiger partial charge in [-0.25, -0.2) is 0 Å². The highest BCUT2D eigenvalue weighted by Gasteiger charge is 2.37. The quantitative estimate of drug-likeness (QED) is 0.0127. The van der Waals surface area contributed by atoms with E-state index in [4.69, 9.17) is 0 Å². The molecule has 0 aliphatic carbocycles. The number of carbonyl (C=O) groups is 16. The summed E-state index contributed by atoms with van der Waals surface area (Å²) < 4.78 is 38.3. The number of ketones is 8. The second kappa shape index (κ2) is 55.9. The Balaban J connectivity index is 0.000000718. The number of alkyl halides is 2. The molecule has 0 aliphatic rings. The van der Waals surface area contributed by atoms with Crippen molar-refractivity contribution in [2.75, 3.05) is 22.9 Å². The van der Waals surface area contributed by atoms with Crippen molar-refractivity contribution in [3.63, 3.8) is 0 Å². The summed E-state index contributed by atoms with van der Waals surface area (Å²) in [6.45, 7) is 9.74. The van der Waals surface area contributed by atoms with Crippen LogP contribution in [0.1, 0.15) is 134 Å². The van der Waals surface area contributed by atoms with E-state index in [2.05, 4.69) is 50.8 Å². The summed E-state index contributed by atoms with van der Waals surface area (Å²) >= 11 is 0. The lowest BCUT2D eigenvalue weighted by molar-refractivity contribution is -0.437. The molecule has 7 aromatic rings. The summed E-state index contributed by atoms with van der Waals surface area (Å²) in [4.78, 5) is 173. The van der Waals surface area contributed by atoms with Gasteiger partial charge in [0.15, 0.2) is 5.78 Å². The van der Waals surface area contributed by atoms with Crippen LogP contribution in [0.2, 0.25) is 0 Å². The summed E-state index contributed by atoms with van der Waals surface area (Å²) in [5.41, 5.74) is 33.2. The Labute approximate surface area is 711 Å². The maximum Gasteiger partial charge on any atom is 0.330 e. The van der Waals surface area contributed by atoms with Gasteiger partial charge in [-0.3, -0.25) is 37.8 Å². The molecule has 33 nitrogen and oxygen atoms in total. The predicted octanol–water partition coefficient (Wildman–Crippen LogP) is -8.76. The van der Waals surface area contributed by atoms with Crippen LogP contribution in [0.25, 0.3) is 0 Å². The van der Waals surface area contributed by atoms with E-state index in [-0.39, 0.29) is 85.5 Å². The van der Waals surface area contributed by atoms with Crippen LogP contribution < -0.4 is 86.5 Å². The number of hydrogen-bond donors (Lipinski definition) is 9. The van der Waals surface area contributed by atoms with E-state index >= 15 is 0 Å². The van der Waals surface area contributed by atoms with Crippen LogP contribution in [-0.4, -0.2) is 153 Å². The van der Waals surface area contributed by atoms with Crippen LogP contribution >= 0.6 is 0 Å². The average molecular weight is 1730 g/mol. The van der Waals surface area contributed by atoms with E-state index in [9.17, 15) is 125 Å². The van der Waals surface area contributed by atoms with Gasteiger partial charge < -0.3 is 130 Å². The molecule has 8 atom stereocenters. The number of rotatable bonds is 40. The first-order valence-electron chi connectivity index (χ1n) is 38.1. The van der Waals surface area contributed by atoms with Crippen molar-refractivity contribution in [1.29, 1.82) is 0 Å². The maximum atomic E-state index is 13.3. The molecule has 0 radical (unpaired) electrons. The topological polar surface area (TPSA) is 669 Å². The van der Waals surface area contributed by atoms with Crippen molar-refractivity contribution in [3.8, 4) is 0 Å².